The first-order valence-corrected chi connectivity index (χ1v) is 7.47. The summed E-state index contributed by atoms with van der Waals surface area (Å²) in [5, 5.41) is 6.75. The predicted octanol–water partition coefficient (Wildman–Crippen LogP) is 1.90. The highest BCUT2D eigenvalue weighted by atomic mass is 35.5. The highest BCUT2D eigenvalue weighted by molar-refractivity contribution is 7.87. The fourth-order valence-corrected chi connectivity index (χ4v) is 3.38. The second-order valence-corrected chi connectivity index (χ2v) is 6.20. The lowest BCUT2D eigenvalue weighted by atomic mass is 10.4. The first-order valence-electron chi connectivity index (χ1n) is 5.68. The Morgan fingerprint density at radius 3 is 2.23 bits per heavy atom. The van der Waals surface area contributed by atoms with Crippen LogP contribution < -0.4 is 4.18 Å². The molecule has 2 aromatic heterocycles. The molecule has 0 radical (unpaired) electrons. The number of nitrogens with zero attached hydrogens (tertiary/aromatic N) is 4. The van der Waals surface area contributed by atoms with Crippen LogP contribution in [0.5, 0.6) is 5.88 Å². The molecule has 0 aliphatic carbocycles. The van der Waals surface area contributed by atoms with E-state index >= 15 is 0 Å². The van der Waals surface area contributed by atoms with Crippen molar-refractivity contribution in [3.63, 3.8) is 0 Å². The SMILES string of the molecule is Cc1nn(C)c(Cl)c1S(=O)(=O)Oc1cc(C(F)(F)F)nn1C. The Morgan fingerprint density at radius 1 is 1.23 bits per heavy atom. The lowest BCUT2D eigenvalue weighted by molar-refractivity contribution is -0.141. The number of hydrogen-bond donors (Lipinski definition) is 0. The maximum absolute atomic E-state index is 12.6. The summed E-state index contributed by atoms with van der Waals surface area (Å²) in [5.74, 6) is -0.591. The van der Waals surface area contributed by atoms with Crippen molar-refractivity contribution < 1.29 is 25.8 Å². The molecule has 0 spiro atoms. The lowest BCUT2D eigenvalue weighted by Gasteiger charge is -2.06. The number of alkyl halides is 3. The monoisotopic (exact) mass is 358 g/mol. The van der Waals surface area contributed by atoms with Crippen molar-refractivity contribution >= 4 is 21.7 Å². The summed E-state index contributed by atoms with van der Waals surface area (Å²) in [6.45, 7) is 1.38. The van der Waals surface area contributed by atoms with Crippen LogP contribution in [0.2, 0.25) is 5.15 Å². The van der Waals surface area contributed by atoms with Crippen LogP contribution in [0.25, 0.3) is 0 Å². The van der Waals surface area contributed by atoms with Crippen molar-refractivity contribution in [2.24, 2.45) is 14.1 Å². The molecule has 0 saturated heterocycles. The molecule has 0 aliphatic heterocycles. The Kier molecular flexibility index (Phi) is 3.90. The molecule has 0 bridgehead atoms. The second-order valence-electron chi connectivity index (χ2n) is 4.36. The molecular weight excluding hydrogens is 349 g/mol. The zero-order chi connectivity index (χ0) is 16.9. The third-order valence-electron chi connectivity index (χ3n) is 2.67. The zero-order valence-electron chi connectivity index (χ0n) is 11.5. The Balaban J connectivity index is 2.44. The van der Waals surface area contributed by atoms with E-state index in [0.29, 0.717) is 10.7 Å². The van der Waals surface area contributed by atoms with Crippen LogP contribution in [-0.4, -0.2) is 28.0 Å². The van der Waals surface area contributed by atoms with Gasteiger partial charge in [-0.3, -0.25) is 4.68 Å². The van der Waals surface area contributed by atoms with E-state index in [4.69, 9.17) is 15.8 Å². The summed E-state index contributed by atoms with van der Waals surface area (Å²) in [5.41, 5.74) is -1.21. The van der Waals surface area contributed by atoms with Crippen molar-refractivity contribution in [1.29, 1.82) is 0 Å². The average Bonchev–Trinajstić information content (AvgIpc) is 2.80. The van der Waals surface area contributed by atoms with Crippen molar-refractivity contribution in [3.05, 3.63) is 22.6 Å². The van der Waals surface area contributed by atoms with Crippen LogP contribution in [0, 0.1) is 6.92 Å². The number of aromatic nitrogens is 4. The summed E-state index contributed by atoms with van der Waals surface area (Å²) >= 11 is 5.82. The lowest BCUT2D eigenvalue weighted by Crippen LogP contribution is -2.13. The van der Waals surface area contributed by atoms with Crippen LogP contribution in [0.1, 0.15) is 11.4 Å². The first-order chi connectivity index (χ1) is 9.93. The zero-order valence-corrected chi connectivity index (χ0v) is 13.1. The normalized spacial score (nSPS) is 12.7. The van der Waals surface area contributed by atoms with Crippen LogP contribution >= 0.6 is 11.6 Å². The van der Waals surface area contributed by atoms with Crippen LogP contribution in [0.4, 0.5) is 13.2 Å². The van der Waals surface area contributed by atoms with E-state index in [1.165, 1.54) is 14.0 Å². The third-order valence-corrected chi connectivity index (χ3v) is 4.60. The van der Waals surface area contributed by atoms with Crippen LogP contribution in [0.15, 0.2) is 11.0 Å². The molecule has 7 nitrogen and oxygen atoms in total. The van der Waals surface area contributed by atoms with Crippen molar-refractivity contribution in [1.82, 2.24) is 19.6 Å². The largest absolute Gasteiger partial charge is 0.435 e. The van der Waals surface area contributed by atoms with Gasteiger partial charge in [0.15, 0.2) is 10.6 Å². The van der Waals surface area contributed by atoms with Gasteiger partial charge in [0.25, 0.3) is 0 Å². The fourth-order valence-electron chi connectivity index (χ4n) is 1.72. The Labute approximate surface area is 128 Å². The minimum atomic E-state index is -4.72. The molecule has 0 aliphatic rings. The molecule has 2 heterocycles. The van der Waals surface area contributed by atoms with Gasteiger partial charge in [0.1, 0.15) is 5.15 Å². The molecule has 22 heavy (non-hydrogen) atoms. The first kappa shape index (κ1) is 16.6. The summed E-state index contributed by atoms with van der Waals surface area (Å²) < 4.78 is 68.5. The van der Waals surface area contributed by atoms with Crippen molar-refractivity contribution in [2.45, 2.75) is 18.0 Å². The molecule has 0 atom stereocenters. The van der Waals surface area contributed by atoms with E-state index in [1.54, 1.807) is 0 Å². The molecule has 0 fully saturated rings. The highest BCUT2D eigenvalue weighted by Gasteiger charge is 2.36. The van der Waals surface area contributed by atoms with E-state index in [1.807, 2.05) is 0 Å². The Morgan fingerprint density at radius 2 is 1.82 bits per heavy atom. The molecule has 0 N–H and O–H groups in total. The fraction of sp³-hybridized carbons (Fsp3) is 0.400. The molecular formula is C10H10ClF3N4O3S. The number of hydrogen-bond acceptors (Lipinski definition) is 5. The van der Waals surface area contributed by atoms with E-state index in [-0.39, 0.29) is 10.8 Å². The Hall–Kier alpha value is -1.75. The second kappa shape index (κ2) is 5.16. The van der Waals surface area contributed by atoms with E-state index in [2.05, 4.69) is 10.2 Å². The quantitative estimate of drug-likeness (QED) is 0.783. The van der Waals surface area contributed by atoms with Gasteiger partial charge < -0.3 is 4.18 Å². The number of halogens is 4. The molecule has 0 amide bonds. The van der Waals surface area contributed by atoms with Gasteiger partial charge in [-0.1, -0.05) is 11.6 Å². The van der Waals surface area contributed by atoms with Crippen LogP contribution in [-0.2, 0) is 30.4 Å². The standard InChI is InChI=1S/C10H10ClF3N4O3S/c1-5-8(9(11)18(3)15-5)22(19,20)21-7-4-6(10(12,13)14)16-17(7)2/h4H,1-3H3. The van der Waals surface area contributed by atoms with Gasteiger partial charge in [-0.15, -0.1) is 0 Å². The maximum Gasteiger partial charge on any atom is 0.435 e. The summed E-state index contributed by atoms with van der Waals surface area (Å²) in [4.78, 5) is -0.411. The van der Waals surface area contributed by atoms with Crippen molar-refractivity contribution in [3.8, 4) is 5.88 Å². The van der Waals surface area contributed by atoms with Gasteiger partial charge in [-0.05, 0) is 6.92 Å². The molecule has 0 unspecified atom stereocenters. The third kappa shape index (κ3) is 2.90. The summed E-state index contributed by atoms with van der Waals surface area (Å²) in [6, 6.07) is 0.483. The van der Waals surface area contributed by atoms with Gasteiger partial charge >= 0.3 is 16.3 Å². The molecule has 122 valence electrons. The molecule has 0 aromatic carbocycles. The number of aryl methyl sites for hydroxylation is 3. The average molecular weight is 359 g/mol. The molecule has 2 aromatic rings. The molecule has 0 saturated carbocycles. The maximum atomic E-state index is 12.6. The van der Waals surface area contributed by atoms with E-state index in [9.17, 15) is 21.6 Å². The highest BCUT2D eigenvalue weighted by Crippen LogP contribution is 2.32. The molecule has 2 rings (SSSR count). The molecule has 12 heteroatoms. The number of rotatable bonds is 3. The minimum Gasteiger partial charge on any atom is -0.358 e. The van der Waals surface area contributed by atoms with Gasteiger partial charge in [0.2, 0.25) is 5.88 Å². The van der Waals surface area contributed by atoms with E-state index in [0.717, 1.165) is 11.7 Å². The van der Waals surface area contributed by atoms with Gasteiger partial charge in [0, 0.05) is 20.2 Å². The Bertz CT molecular complexity index is 825. The summed E-state index contributed by atoms with van der Waals surface area (Å²) in [6.07, 6.45) is -4.72. The van der Waals surface area contributed by atoms with Gasteiger partial charge in [0.05, 0.1) is 5.69 Å². The van der Waals surface area contributed by atoms with Crippen molar-refractivity contribution in [2.75, 3.05) is 0 Å². The minimum absolute atomic E-state index is 0.0608. The predicted molar refractivity (Wildman–Crippen MR) is 69.0 cm³/mol. The van der Waals surface area contributed by atoms with Gasteiger partial charge in [-0.25, -0.2) is 4.68 Å². The summed E-state index contributed by atoms with van der Waals surface area (Å²) in [7, 11) is -1.91. The van der Waals surface area contributed by atoms with E-state index < -0.39 is 32.8 Å². The van der Waals surface area contributed by atoms with Crippen LogP contribution in [0.3, 0.4) is 0 Å². The smallest absolute Gasteiger partial charge is 0.358 e. The topological polar surface area (TPSA) is 79.0 Å². The van der Waals surface area contributed by atoms with Gasteiger partial charge in [-0.2, -0.15) is 31.8 Å².